The van der Waals surface area contributed by atoms with E-state index in [4.69, 9.17) is 10.5 Å². The molecule has 0 atom stereocenters. The van der Waals surface area contributed by atoms with Crippen molar-refractivity contribution in [1.82, 2.24) is 4.37 Å². The van der Waals surface area contributed by atoms with E-state index in [9.17, 15) is 0 Å². The lowest BCUT2D eigenvalue weighted by atomic mass is 10.2. The molecule has 0 aliphatic heterocycles. The summed E-state index contributed by atoms with van der Waals surface area (Å²) in [6, 6.07) is 0. The van der Waals surface area contributed by atoms with Gasteiger partial charge < -0.3 is 15.8 Å². The van der Waals surface area contributed by atoms with Crippen LogP contribution in [0.15, 0.2) is 0 Å². The van der Waals surface area contributed by atoms with Crippen LogP contribution in [0.25, 0.3) is 0 Å². The van der Waals surface area contributed by atoms with Crippen molar-refractivity contribution in [3.8, 4) is 5.75 Å². The van der Waals surface area contributed by atoms with Crippen molar-refractivity contribution in [2.75, 3.05) is 24.2 Å². The molecule has 0 aromatic carbocycles. The lowest BCUT2D eigenvalue weighted by molar-refractivity contribution is 0.344. The van der Waals surface area contributed by atoms with Crippen LogP contribution in [-0.4, -0.2) is 17.5 Å². The van der Waals surface area contributed by atoms with Gasteiger partial charge in [-0.15, -0.1) is 0 Å². The Morgan fingerprint density at radius 1 is 1.57 bits per heavy atom. The molecule has 0 saturated heterocycles. The molecule has 80 valence electrons. The summed E-state index contributed by atoms with van der Waals surface area (Å²) in [6.07, 6.45) is 0. The highest BCUT2D eigenvalue weighted by Crippen LogP contribution is 2.35. The SMILES string of the molecule is CCOc1c(N)nsc1NCC(C)C. The summed E-state index contributed by atoms with van der Waals surface area (Å²) in [5.41, 5.74) is 5.67. The van der Waals surface area contributed by atoms with Crippen molar-refractivity contribution >= 4 is 22.4 Å². The standard InChI is InChI=1S/C9H17N3OS/c1-4-13-7-8(10)12-14-9(7)11-5-6(2)3/h6,11H,4-5H2,1-3H3,(H2,10,12). The fraction of sp³-hybridized carbons (Fsp3) is 0.667. The third-order valence-electron chi connectivity index (χ3n) is 1.63. The van der Waals surface area contributed by atoms with Gasteiger partial charge in [0.25, 0.3) is 0 Å². The molecule has 4 nitrogen and oxygen atoms in total. The maximum atomic E-state index is 5.67. The zero-order valence-electron chi connectivity index (χ0n) is 8.83. The first kappa shape index (κ1) is 11.1. The van der Waals surface area contributed by atoms with E-state index in [0.717, 1.165) is 11.5 Å². The second-order valence-electron chi connectivity index (χ2n) is 3.43. The number of nitrogens with one attached hydrogen (secondary N) is 1. The number of nitrogen functional groups attached to an aromatic ring is 1. The van der Waals surface area contributed by atoms with Crippen LogP contribution >= 0.6 is 11.5 Å². The van der Waals surface area contributed by atoms with Gasteiger partial charge in [-0.05, 0) is 24.4 Å². The van der Waals surface area contributed by atoms with E-state index in [0.29, 0.717) is 24.1 Å². The van der Waals surface area contributed by atoms with Gasteiger partial charge in [-0.3, -0.25) is 0 Å². The van der Waals surface area contributed by atoms with E-state index >= 15 is 0 Å². The second kappa shape index (κ2) is 5.05. The molecule has 1 aromatic heterocycles. The van der Waals surface area contributed by atoms with Gasteiger partial charge in [0.05, 0.1) is 6.61 Å². The molecule has 0 aliphatic rings. The Labute approximate surface area is 88.6 Å². The van der Waals surface area contributed by atoms with Crippen LogP contribution < -0.4 is 15.8 Å². The molecule has 1 aromatic rings. The molecule has 0 aliphatic carbocycles. The average Bonchev–Trinajstić information content (AvgIpc) is 2.46. The van der Waals surface area contributed by atoms with Crippen molar-refractivity contribution in [2.24, 2.45) is 5.92 Å². The Kier molecular flexibility index (Phi) is 4.00. The fourth-order valence-corrected chi connectivity index (χ4v) is 1.65. The van der Waals surface area contributed by atoms with E-state index in [1.54, 1.807) is 0 Å². The van der Waals surface area contributed by atoms with Crippen LogP contribution in [0.2, 0.25) is 0 Å². The Morgan fingerprint density at radius 3 is 2.86 bits per heavy atom. The summed E-state index contributed by atoms with van der Waals surface area (Å²) in [5, 5.41) is 4.20. The van der Waals surface area contributed by atoms with Gasteiger partial charge in [-0.25, -0.2) is 0 Å². The van der Waals surface area contributed by atoms with E-state index < -0.39 is 0 Å². The largest absolute Gasteiger partial charge is 0.487 e. The predicted molar refractivity (Wildman–Crippen MR) is 61.0 cm³/mol. The molecule has 0 amide bonds. The van der Waals surface area contributed by atoms with Gasteiger partial charge in [0.2, 0.25) is 0 Å². The summed E-state index contributed by atoms with van der Waals surface area (Å²) in [6.45, 7) is 7.75. The molecule has 0 spiro atoms. The summed E-state index contributed by atoms with van der Waals surface area (Å²) in [4.78, 5) is 0. The van der Waals surface area contributed by atoms with Gasteiger partial charge in [-0.2, -0.15) is 4.37 Å². The number of nitrogens with two attached hydrogens (primary N) is 1. The molecule has 0 unspecified atom stereocenters. The lowest BCUT2D eigenvalue weighted by Gasteiger charge is -2.08. The number of anilines is 2. The minimum Gasteiger partial charge on any atom is -0.487 e. The highest BCUT2D eigenvalue weighted by atomic mass is 32.1. The number of hydrogen-bond donors (Lipinski definition) is 2. The van der Waals surface area contributed by atoms with Crippen molar-refractivity contribution in [2.45, 2.75) is 20.8 Å². The predicted octanol–water partition coefficient (Wildman–Crippen LogP) is 2.19. The molecular formula is C9H17N3OS. The first-order valence-corrected chi connectivity index (χ1v) is 5.54. The van der Waals surface area contributed by atoms with Crippen LogP contribution in [0.5, 0.6) is 5.75 Å². The normalized spacial score (nSPS) is 10.6. The van der Waals surface area contributed by atoms with Crippen molar-refractivity contribution in [3.63, 3.8) is 0 Å². The highest BCUT2D eigenvalue weighted by molar-refractivity contribution is 7.11. The number of aromatic nitrogens is 1. The molecule has 3 N–H and O–H groups in total. The molecule has 0 fully saturated rings. The molecule has 0 saturated carbocycles. The molecule has 0 bridgehead atoms. The molecule has 1 rings (SSSR count). The molecule has 5 heteroatoms. The summed E-state index contributed by atoms with van der Waals surface area (Å²) in [5.74, 6) is 1.76. The Bertz CT molecular complexity index is 286. The lowest BCUT2D eigenvalue weighted by Crippen LogP contribution is -2.08. The fourth-order valence-electron chi connectivity index (χ4n) is 0.987. The van der Waals surface area contributed by atoms with Gasteiger partial charge in [0.15, 0.2) is 16.6 Å². The van der Waals surface area contributed by atoms with Gasteiger partial charge in [0.1, 0.15) is 0 Å². The number of rotatable bonds is 5. The number of ether oxygens (including phenoxy) is 1. The first-order chi connectivity index (χ1) is 6.65. The maximum absolute atomic E-state index is 5.67. The Morgan fingerprint density at radius 2 is 2.29 bits per heavy atom. The topological polar surface area (TPSA) is 60.2 Å². The average molecular weight is 215 g/mol. The third-order valence-corrected chi connectivity index (χ3v) is 2.43. The second-order valence-corrected chi connectivity index (χ2v) is 4.21. The van der Waals surface area contributed by atoms with Crippen LogP contribution in [0.1, 0.15) is 20.8 Å². The molecular weight excluding hydrogens is 198 g/mol. The monoisotopic (exact) mass is 215 g/mol. The van der Waals surface area contributed by atoms with Crippen molar-refractivity contribution in [3.05, 3.63) is 0 Å². The quantitative estimate of drug-likeness (QED) is 0.790. The first-order valence-electron chi connectivity index (χ1n) is 4.77. The Balaban J connectivity index is 2.65. The van der Waals surface area contributed by atoms with Gasteiger partial charge in [-0.1, -0.05) is 13.8 Å². The van der Waals surface area contributed by atoms with Gasteiger partial charge >= 0.3 is 0 Å². The third kappa shape index (κ3) is 2.77. The highest BCUT2D eigenvalue weighted by Gasteiger charge is 2.12. The number of nitrogens with zero attached hydrogens (tertiary/aromatic N) is 1. The van der Waals surface area contributed by atoms with E-state index in [-0.39, 0.29) is 0 Å². The summed E-state index contributed by atoms with van der Waals surface area (Å²) in [7, 11) is 0. The van der Waals surface area contributed by atoms with Crippen molar-refractivity contribution < 1.29 is 4.74 Å². The zero-order chi connectivity index (χ0) is 10.6. The van der Waals surface area contributed by atoms with Crippen LogP contribution in [-0.2, 0) is 0 Å². The summed E-state index contributed by atoms with van der Waals surface area (Å²) >= 11 is 1.35. The van der Waals surface area contributed by atoms with Crippen molar-refractivity contribution in [1.29, 1.82) is 0 Å². The van der Waals surface area contributed by atoms with E-state index in [1.807, 2.05) is 6.92 Å². The van der Waals surface area contributed by atoms with Crippen LogP contribution in [0, 0.1) is 5.92 Å². The minimum absolute atomic E-state index is 0.475. The number of hydrogen-bond acceptors (Lipinski definition) is 5. The maximum Gasteiger partial charge on any atom is 0.197 e. The molecule has 1 heterocycles. The van der Waals surface area contributed by atoms with E-state index in [2.05, 4.69) is 23.5 Å². The van der Waals surface area contributed by atoms with Crippen LogP contribution in [0.3, 0.4) is 0 Å². The molecule has 0 radical (unpaired) electrons. The smallest absolute Gasteiger partial charge is 0.197 e. The van der Waals surface area contributed by atoms with Crippen LogP contribution in [0.4, 0.5) is 10.8 Å². The van der Waals surface area contributed by atoms with E-state index in [1.165, 1.54) is 11.5 Å². The molecule has 14 heavy (non-hydrogen) atoms. The summed E-state index contributed by atoms with van der Waals surface area (Å²) < 4.78 is 9.45. The zero-order valence-corrected chi connectivity index (χ0v) is 9.65. The Hall–Kier alpha value is -0.970. The van der Waals surface area contributed by atoms with Gasteiger partial charge in [0, 0.05) is 6.54 Å². The minimum atomic E-state index is 0.475.